The Morgan fingerprint density at radius 3 is 2.42 bits per heavy atom. The Morgan fingerprint density at radius 2 is 1.79 bits per heavy atom. The van der Waals surface area contributed by atoms with Crippen molar-refractivity contribution in [2.24, 2.45) is 0 Å². The third kappa shape index (κ3) is 3.82. The smallest absolute Gasteiger partial charge is 0.264 e. The van der Waals surface area contributed by atoms with Gasteiger partial charge in [-0.1, -0.05) is 11.6 Å². The number of nitrogens with one attached hydrogen (secondary N) is 1. The molecule has 9 heteroatoms. The fourth-order valence-corrected chi connectivity index (χ4v) is 3.24. The molecule has 0 bridgehead atoms. The normalized spacial score (nSPS) is 11.2. The molecular formula is C15H13ClF2N2O3S. The minimum atomic E-state index is -4.46. The number of benzene rings is 2. The average Bonchev–Trinajstić information content (AvgIpc) is 2.48. The summed E-state index contributed by atoms with van der Waals surface area (Å²) in [7, 11) is -1.48. The van der Waals surface area contributed by atoms with E-state index in [1.54, 1.807) is 0 Å². The van der Waals surface area contributed by atoms with Gasteiger partial charge in [-0.3, -0.25) is 9.52 Å². The van der Waals surface area contributed by atoms with E-state index in [1.165, 1.54) is 37.2 Å². The molecule has 0 aliphatic heterocycles. The number of sulfonamides is 1. The SMILES string of the molecule is CN(C)C(=O)c1ccc(Cl)cc1NS(=O)(=O)c1cc(F)ccc1F. The Morgan fingerprint density at radius 1 is 1.12 bits per heavy atom. The molecule has 2 aromatic rings. The van der Waals surface area contributed by atoms with Crippen LogP contribution in [0.3, 0.4) is 0 Å². The van der Waals surface area contributed by atoms with Gasteiger partial charge in [0, 0.05) is 19.1 Å². The number of carbonyl (C=O) groups is 1. The molecule has 0 saturated carbocycles. The number of amides is 1. The number of rotatable bonds is 4. The van der Waals surface area contributed by atoms with Crippen LogP contribution in [0.5, 0.6) is 0 Å². The molecule has 5 nitrogen and oxygen atoms in total. The van der Waals surface area contributed by atoms with Gasteiger partial charge in [-0.25, -0.2) is 17.2 Å². The van der Waals surface area contributed by atoms with Crippen LogP contribution in [0.1, 0.15) is 10.4 Å². The van der Waals surface area contributed by atoms with E-state index in [0.717, 1.165) is 6.07 Å². The molecule has 0 aliphatic rings. The molecule has 1 N–H and O–H groups in total. The van der Waals surface area contributed by atoms with Crippen LogP contribution in [-0.2, 0) is 10.0 Å². The summed E-state index contributed by atoms with van der Waals surface area (Å²) in [5.74, 6) is -2.51. The molecule has 0 heterocycles. The first-order valence-electron chi connectivity index (χ1n) is 6.61. The van der Waals surface area contributed by atoms with Crippen molar-refractivity contribution in [3.8, 4) is 0 Å². The van der Waals surface area contributed by atoms with E-state index >= 15 is 0 Å². The van der Waals surface area contributed by atoms with Crippen LogP contribution in [0.15, 0.2) is 41.3 Å². The van der Waals surface area contributed by atoms with Crippen molar-refractivity contribution >= 4 is 33.2 Å². The Bertz CT molecular complexity index is 902. The summed E-state index contributed by atoms with van der Waals surface area (Å²) in [5.41, 5.74) is -0.116. The maximum absolute atomic E-state index is 13.7. The van der Waals surface area contributed by atoms with Crippen LogP contribution in [0.4, 0.5) is 14.5 Å². The molecule has 0 fully saturated rings. The van der Waals surface area contributed by atoms with E-state index < -0.39 is 32.5 Å². The maximum Gasteiger partial charge on any atom is 0.264 e. The van der Waals surface area contributed by atoms with Crippen molar-refractivity contribution in [2.75, 3.05) is 18.8 Å². The molecule has 2 rings (SSSR count). The molecule has 0 atom stereocenters. The minimum absolute atomic E-state index is 0.0183. The van der Waals surface area contributed by atoms with E-state index in [9.17, 15) is 22.0 Å². The number of nitrogens with zero attached hydrogens (tertiary/aromatic N) is 1. The zero-order chi connectivity index (χ0) is 18.1. The number of hydrogen-bond acceptors (Lipinski definition) is 3. The molecule has 0 saturated heterocycles. The Balaban J connectivity index is 2.52. The van der Waals surface area contributed by atoms with E-state index in [1.807, 2.05) is 0 Å². The number of halogens is 3. The lowest BCUT2D eigenvalue weighted by molar-refractivity contribution is 0.0828. The highest BCUT2D eigenvalue weighted by molar-refractivity contribution is 7.92. The van der Waals surface area contributed by atoms with Crippen LogP contribution < -0.4 is 4.72 Å². The van der Waals surface area contributed by atoms with Gasteiger partial charge in [0.1, 0.15) is 16.5 Å². The van der Waals surface area contributed by atoms with Gasteiger partial charge >= 0.3 is 0 Å². The van der Waals surface area contributed by atoms with Crippen molar-refractivity contribution in [2.45, 2.75) is 4.90 Å². The molecule has 1 amide bonds. The van der Waals surface area contributed by atoms with E-state index in [2.05, 4.69) is 4.72 Å². The van der Waals surface area contributed by atoms with Gasteiger partial charge in [-0.15, -0.1) is 0 Å². The summed E-state index contributed by atoms with van der Waals surface area (Å²) >= 11 is 5.84. The molecular weight excluding hydrogens is 362 g/mol. The van der Waals surface area contributed by atoms with Crippen LogP contribution in [0.2, 0.25) is 5.02 Å². The van der Waals surface area contributed by atoms with Gasteiger partial charge in [-0.2, -0.15) is 0 Å². The summed E-state index contributed by atoms with van der Waals surface area (Å²) in [4.78, 5) is 12.5. The second-order valence-corrected chi connectivity index (χ2v) is 7.16. The lowest BCUT2D eigenvalue weighted by Gasteiger charge is -2.16. The third-order valence-electron chi connectivity index (χ3n) is 3.05. The summed E-state index contributed by atoms with van der Waals surface area (Å²) in [6.45, 7) is 0. The molecule has 0 aromatic heterocycles. The summed E-state index contributed by atoms with van der Waals surface area (Å²) in [5, 5.41) is 0.169. The van der Waals surface area contributed by atoms with Gasteiger partial charge in [0.05, 0.1) is 11.3 Å². The zero-order valence-corrected chi connectivity index (χ0v) is 14.3. The first-order valence-corrected chi connectivity index (χ1v) is 8.47. The van der Waals surface area contributed by atoms with Gasteiger partial charge in [-0.05, 0) is 36.4 Å². The molecule has 0 spiro atoms. The molecule has 0 aliphatic carbocycles. The largest absolute Gasteiger partial charge is 0.345 e. The van der Waals surface area contributed by atoms with Gasteiger partial charge < -0.3 is 4.90 Å². The summed E-state index contributed by atoms with van der Waals surface area (Å²) < 4.78 is 53.8. The fraction of sp³-hybridized carbons (Fsp3) is 0.133. The second-order valence-electron chi connectivity index (χ2n) is 5.07. The number of hydrogen-bond donors (Lipinski definition) is 1. The standard InChI is InChI=1S/C15H13ClF2N2O3S/c1-20(2)15(21)11-5-3-9(16)7-13(11)19-24(22,23)14-8-10(17)4-6-12(14)18/h3-8,19H,1-2H3. The van der Waals surface area contributed by atoms with E-state index in [-0.39, 0.29) is 16.3 Å². The number of anilines is 1. The van der Waals surface area contributed by atoms with Crippen molar-refractivity contribution in [3.05, 3.63) is 58.6 Å². The molecule has 128 valence electrons. The molecule has 0 radical (unpaired) electrons. The van der Waals surface area contributed by atoms with Crippen molar-refractivity contribution in [1.82, 2.24) is 4.90 Å². The van der Waals surface area contributed by atoms with Crippen LogP contribution in [0, 0.1) is 11.6 Å². The average molecular weight is 375 g/mol. The fourth-order valence-electron chi connectivity index (χ4n) is 1.91. The molecule has 24 heavy (non-hydrogen) atoms. The van der Waals surface area contributed by atoms with Crippen molar-refractivity contribution in [3.63, 3.8) is 0 Å². The Hall–Kier alpha value is -2.19. The minimum Gasteiger partial charge on any atom is -0.345 e. The summed E-state index contributed by atoms with van der Waals surface area (Å²) in [6.07, 6.45) is 0. The highest BCUT2D eigenvalue weighted by atomic mass is 35.5. The number of carbonyl (C=O) groups excluding carboxylic acids is 1. The Kier molecular flexibility index (Phi) is 5.10. The highest BCUT2D eigenvalue weighted by Crippen LogP contribution is 2.26. The predicted molar refractivity (Wildman–Crippen MR) is 86.6 cm³/mol. The van der Waals surface area contributed by atoms with Crippen molar-refractivity contribution < 1.29 is 22.0 Å². The van der Waals surface area contributed by atoms with E-state index in [4.69, 9.17) is 11.6 Å². The first-order chi connectivity index (χ1) is 11.1. The topological polar surface area (TPSA) is 66.5 Å². The molecule has 2 aromatic carbocycles. The van der Waals surface area contributed by atoms with Crippen LogP contribution in [-0.4, -0.2) is 33.3 Å². The van der Waals surface area contributed by atoms with Gasteiger partial charge in [0.25, 0.3) is 15.9 Å². The highest BCUT2D eigenvalue weighted by Gasteiger charge is 2.23. The first kappa shape index (κ1) is 18.2. The van der Waals surface area contributed by atoms with Crippen LogP contribution in [0.25, 0.3) is 0 Å². The van der Waals surface area contributed by atoms with Crippen LogP contribution >= 0.6 is 11.6 Å². The monoisotopic (exact) mass is 374 g/mol. The lowest BCUT2D eigenvalue weighted by atomic mass is 10.1. The second kappa shape index (κ2) is 6.74. The van der Waals surface area contributed by atoms with Gasteiger partial charge in [0.15, 0.2) is 0 Å². The van der Waals surface area contributed by atoms with Crippen molar-refractivity contribution in [1.29, 1.82) is 0 Å². The van der Waals surface area contributed by atoms with E-state index in [0.29, 0.717) is 12.1 Å². The molecule has 0 unspecified atom stereocenters. The maximum atomic E-state index is 13.7. The predicted octanol–water partition coefficient (Wildman–Crippen LogP) is 3.12. The quantitative estimate of drug-likeness (QED) is 0.894. The van der Waals surface area contributed by atoms with Gasteiger partial charge in [0.2, 0.25) is 0 Å². The summed E-state index contributed by atoms with van der Waals surface area (Å²) in [6, 6.07) is 6.02. The third-order valence-corrected chi connectivity index (χ3v) is 4.66. The Labute approximate surface area is 142 Å². The lowest BCUT2D eigenvalue weighted by Crippen LogP contribution is -2.24. The zero-order valence-electron chi connectivity index (χ0n) is 12.7.